The van der Waals surface area contributed by atoms with Crippen LogP contribution in [0.3, 0.4) is 0 Å². The average Bonchev–Trinajstić information content (AvgIpc) is 3.14. The molecule has 4 atom stereocenters. The van der Waals surface area contributed by atoms with Crippen molar-refractivity contribution in [2.75, 3.05) is 0 Å². The number of benzene rings is 5. The first kappa shape index (κ1) is 31.8. The van der Waals surface area contributed by atoms with Crippen molar-refractivity contribution < 1.29 is 4.39 Å². The molecule has 2 aliphatic rings. The summed E-state index contributed by atoms with van der Waals surface area (Å²) in [6.07, 6.45) is 6.19. The van der Waals surface area contributed by atoms with Crippen LogP contribution >= 0.6 is 0 Å². The third kappa shape index (κ3) is 6.34. The highest BCUT2D eigenvalue weighted by atomic mass is 19.1. The molecule has 5 aromatic carbocycles. The summed E-state index contributed by atoms with van der Waals surface area (Å²) >= 11 is 0. The van der Waals surface area contributed by atoms with E-state index in [4.69, 9.17) is 15.0 Å². The minimum Gasteiger partial charge on any atom is -0.208 e. The summed E-state index contributed by atoms with van der Waals surface area (Å²) in [6, 6.07) is 41.8. The Morgan fingerprint density at radius 2 is 1.10 bits per heavy atom. The van der Waals surface area contributed by atoms with Crippen molar-refractivity contribution in [1.82, 2.24) is 15.0 Å². The molecular formula is C45H39FN4. The van der Waals surface area contributed by atoms with Gasteiger partial charge in [-0.25, -0.2) is 19.3 Å². The molecule has 6 aromatic rings. The van der Waals surface area contributed by atoms with Crippen LogP contribution in [-0.4, -0.2) is 15.0 Å². The number of rotatable bonds is 6. The van der Waals surface area contributed by atoms with Gasteiger partial charge in [0.2, 0.25) is 0 Å². The van der Waals surface area contributed by atoms with Crippen LogP contribution in [-0.2, 0) is 5.41 Å². The fourth-order valence-electron chi connectivity index (χ4n) is 8.86. The van der Waals surface area contributed by atoms with E-state index in [1.807, 2.05) is 72.8 Å². The monoisotopic (exact) mass is 654 g/mol. The van der Waals surface area contributed by atoms with Gasteiger partial charge in [0, 0.05) is 16.7 Å². The number of halogens is 1. The van der Waals surface area contributed by atoms with Gasteiger partial charge in [-0.15, -0.1) is 0 Å². The quantitative estimate of drug-likeness (QED) is 0.179. The van der Waals surface area contributed by atoms with E-state index in [9.17, 15) is 9.65 Å². The first-order valence-corrected chi connectivity index (χ1v) is 17.7. The molecule has 2 aliphatic carbocycles. The third-order valence-electron chi connectivity index (χ3n) is 10.7. The second-order valence-electron chi connectivity index (χ2n) is 14.7. The second kappa shape index (κ2) is 13.1. The van der Waals surface area contributed by atoms with Crippen LogP contribution in [0.1, 0.15) is 57.1 Å². The molecule has 2 fully saturated rings. The lowest BCUT2D eigenvalue weighted by molar-refractivity contribution is 0.0781. The minimum absolute atomic E-state index is 0.0962. The number of nitrogens with zero attached hydrogens (tertiary/aromatic N) is 4. The van der Waals surface area contributed by atoms with E-state index in [1.165, 1.54) is 49.8 Å². The van der Waals surface area contributed by atoms with Gasteiger partial charge in [0.25, 0.3) is 0 Å². The average molecular weight is 655 g/mol. The zero-order valence-electron chi connectivity index (χ0n) is 28.5. The Morgan fingerprint density at radius 1 is 0.560 bits per heavy atom. The Morgan fingerprint density at radius 3 is 1.78 bits per heavy atom. The Labute approximate surface area is 293 Å². The van der Waals surface area contributed by atoms with Crippen molar-refractivity contribution in [2.24, 2.45) is 17.8 Å². The third-order valence-corrected chi connectivity index (χ3v) is 10.7. The Hall–Kier alpha value is -5.47. The summed E-state index contributed by atoms with van der Waals surface area (Å²) < 4.78 is 13.7. The van der Waals surface area contributed by atoms with Gasteiger partial charge in [-0.2, -0.15) is 5.26 Å². The number of hydrogen-bond acceptors (Lipinski definition) is 4. The summed E-state index contributed by atoms with van der Waals surface area (Å²) in [4.78, 5) is 15.3. The first-order chi connectivity index (χ1) is 24.3. The predicted molar refractivity (Wildman–Crippen MR) is 198 cm³/mol. The molecule has 0 saturated heterocycles. The molecule has 2 bridgehead atoms. The predicted octanol–water partition coefficient (Wildman–Crippen LogP) is 11.3. The van der Waals surface area contributed by atoms with Crippen LogP contribution < -0.4 is 0 Å². The lowest BCUT2D eigenvalue weighted by Crippen LogP contribution is -2.42. The van der Waals surface area contributed by atoms with Crippen LogP contribution in [0.5, 0.6) is 0 Å². The largest absolute Gasteiger partial charge is 0.208 e. The first-order valence-electron chi connectivity index (χ1n) is 17.7. The Bertz CT molecular complexity index is 2180. The zero-order chi connectivity index (χ0) is 34.2. The van der Waals surface area contributed by atoms with Gasteiger partial charge in [0.1, 0.15) is 5.82 Å². The topological polar surface area (TPSA) is 62.5 Å². The molecule has 8 rings (SSSR count). The van der Waals surface area contributed by atoms with Gasteiger partial charge in [-0.1, -0.05) is 92.7 Å². The van der Waals surface area contributed by atoms with E-state index in [1.54, 1.807) is 12.1 Å². The van der Waals surface area contributed by atoms with Crippen LogP contribution in [0, 0.1) is 34.9 Å². The fraction of sp³-hybridized carbons (Fsp3) is 0.244. The molecule has 50 heavy (non-hydrogen) atoms. The normalized spacial score (nSPS) is 21.4. The van der Waals surface area contributed by atoms with Gasteiger partial charge < -0.3 is 0 Å². The number of hydrogen-bond donors (Lipinski definition) is 0. The maximum Gasteiger partial charge on any atom is 0.164 e. The SMILES string of the molecule is C[C@@H]1CC2C[C@H](C)CC(c3cc(-c4ccc(C#N)cc4)cc(-c4nc(-c5ccccc5)nc(-c5cccc(-c6ccc(F)cc6)c5)n4)c3)(C2)C1. The summed E-state index contributed by atoms with van der Waals surface area (Å²) in [5.74, 6) is 3.64. The molecule has 0 N–H and O–H groups in total. The van der Waals surface area contributed by atoms with Crippen molar-refractivity contribution in [3.63, 3.8) is 0 Å². The van der Waals surface area contributed by atoms with E-state index < -0.39 is 0 Å². The molecule has 4 nitrogen and oxygen atoms in total. The van der Waals surface area contributed by atoms with E-state index in [-0.39, 0.29) is 11.2 Å². The minimum atomic E-state index is -0.262. The molecule has 0 aliphatic heterocycles. The van der Waals surface area contributed by atoms with E-state index in [0.717, 1.165) is 44.9 Å². The Kier molecular flexibility index (Phi) is 8.32. The number of aromatic nitrogens is 3. The molecule has 1 aromatic heterocycles. The van der Waals surface area contributed by atoms with E-state index in [0.29, 0.717) is 34.9 Å². The van der Waals surface area contributed by atoms with Gasteiger partial charge in [-0.05, 0) is 126 Å². The van der Waals surface area contributed by atoms with Crippen LogP contribution in [0.25, 0.3) is 56.4 Å². The van der Waals surface area contributed by atoms with Crippen LogP contribution in [0.4, 0.5) is 4.39 Å². The molecular weight excluding hydrogens is 616 g/mol. The second-order valence-corrected chi connectivity index (χ2v) is 14.7. The smallest absolute Gasteiger partial charge is 0.164 e. The standard InChI is InChI=1S/C45H39FN4/c1-29-19-32-20-30(2)26-45(25-29,27-32)40-23-38(34-13-11-31(28-47)12-14-34)22-39(24-40)44-49-42(35-7-4-3-5-8-35)48-43(50-44)37-10-6-9-36(21-37)33-15-17-41(46)18-16-33/h3-18,21-24,29-30,32H,19-20,25-27H2,1-2H3/t29-,30+,32?,45?. The fourth-order valence-corrected chi connectivity index (χ4v) is 8.86. The number of nitriles is 1. The van der Waals surface area contributed by atoms with Gasteiger partial charge >= 0.3 is 0 Å². The molecule has 0 spiro atoms. The van der Waals surface area contributed by atoms with E-state index in [2.05, 4.69) is 44.2 Å². The van der Waals surface area contributed by atoms with Gasteiger partial charge in [0.15, 0.2) is 17.5 Å². The zero-order valence-corrected chi connectivity index (χ0v) is 28.5. The summed E-state index contributed by atoms with van der Waals surface area (Å²) in [6.45, 7) is 4.85. The van der Waals surface area contributed by atoms with Crippen molar-refractivity contribution in [3.8, 4) is 62.5 Å². The molecule has 2 unspecified atom stereocenters. The molecule has 246 valence electrons. The highest BCUT2D eigenvalue weighted by Crippen LogP contribution is 2.55. The summed E-state index contributed by atoms with van der Waals surface area (Å²) in [5, 5.41) is 9.50. The van der Waals surface area contributed by atoms with E-state index >= 15 is 0 Å². The van der Waals surface area contributed by atoms with Gasteiger partial charge in [0.05, 0.1) is 11.6 Å². The van der Waals surface area contributed by atoms with Crippen LogP contribution in [0.2, 0.25) is 0 Å². The highest BCUT2D eigenvalue weighted by Gasteiger charge is 2.45. The maximum atomic E-state index is 13.7. The number of fused-ring (bicyclic) bond motifs is 2. The highest BCUT2D eigenvalue weighted by molar-refractivity contribution is 5.76. The molecule has 1 heterocycles. The van der Waals surface area contributed by atoms with Crippen molar-refractivity contribution in [1.29, 1.82) is 5.26 Å². The maximum absolute atomic E-state index is 13.7. The molecule has 5 heteroatoms. The van der Waals surface area contributed by atoms with Gasteiger partial charge in [-0.3, -0.25) is 0 Å². The lowest BCUT2D eigenvalue weighted by atomic mass is 9.54. The molecule has 0 radical (unpaired) electrons. The summed E-state index contributed by atoms with van der Waals surface area (Å²) in [5.41, 5.74) is 8.89. The lowest BCUT2D eigenvalue weighted by Gasteiger charge is -2.50. The Balaban J connectivity index is 1.32. The van der Waals surface area contributed by atoms with Crippen molar-refractivity contribution >= 4 is 0 Å². The molecule has 0 amide bonds. The van der Waals surface area contributed by atoms with Crippen molar-refractivity contribution in [2.45, 2.75) is 51.4 Å². The van der Waals surface area contributed by atoms with Crippen molar-refractivity contribution in [3.05, 3.63) is 138 Å². The molecule has 2 saturated carbocycles. The van der Waals surface area contributed by atoms with Crippen LogP contribution in [0.15, 0.2) is 121 Å². The summed E-state index contributed by atoms with van der Waals surface area (Å²) in [7, 11) is 0.